The highest BCUT2D eigenvalue weighted by molar-refractivity contribution is 7.10. The second-order valence-electron chi connectivity index (χ2n) is 7.05. The number of nitrogens with one attached hydrogen (secondary N) is 1. The topological polar surface area (TPSA) is 43.4 Å². The molecule has 0 radical (unpaired) electrons. The van der Waals surface area contributed by atoms with E-state index in [-0.39, 0.29) is 11.5 Å². The van der Waals surface area contributed by atoms with Gasteiger partial charge in [0.1, 0.15) is 5.01 Å². The Bertz CT molecular complexity index is 704. The molecule has 1 atom stereocenters. The molecule has 1 N–H and O–H groups in total. The van der Waals surface area contributed by atoms with Gasteiger partial charge in [0.25, 0.3) is 0 Å². The molecule has 0 spiro atoms. The van der Waals surface area contributed by atoms with Crippen LogP contribution < -0.4 is 14.8 Å². The molecule has 138 valence electrons. The maximum atomic E-state index is 5.96. The summed E-state index contributed by atoms with van der Waals surface area (Å²) >= 11 is 1.67. The van der Waals surface area contributed by atoms with Gasteiger partial charge >= 0.3 is 0 Å². The third kappa shape index (κ3) is 4.53. The second kappa shape index (κ2) is 8.19. The van der Waals surface area contributed by atoms with Crippen molar-refractivity contribution in [2.24, 2.45) is 0 Å². The van der Waals surface area contributed by atoms with Crippen molar-refractivity contribution in [2.75, 3.05) is 20.3 Å². The predicted octanol–water partition coefficient (Wildman–Crippen LogP) is 5.19. The normalized spacial score (nSPS) is 12.9. The number of benzene rings is 1. The van der Waals surface area contributed by atoms with Gasteiger partial charge in [-0.1, -0.05) is 20.8 Å². The fraction of sp³-hybridized carbons (Fsp3) is 0.550. The summed E-state index contributed by atoms with van der Waals surface area (Å²) in [6.45, 7) is 13.9. The van der Waals surface area contributed by atoms with Crippen LogP contribution in [0.15, 0.2) is 17.5 Å². The first-order chi connectivity index (χ1) is 11.8. The molecule has 0 amide bonds. The predicted molar refractivity (Wildman–Crippen MR) is 106 cm³/mol. The van der Waals surface area contributed by atoms with Crippen LogP contribution in [0, 0.1) is 0 Å². The molecule has 2 aromatic rings. The zero-order chi connectivity index (χ0) is 18.6. The molecule has 0 aliphatic carbocycles. The highest BCUT2D eigenvalue weighted by atomic mass is 32.1. The van der Waals surface area contributed by atoms with Gasteiger partial charge in [0.15, 0.2) is 11.5 Å². The Labute approximate surface area is 155 Å². The lowest BCUT2D eigenvalue weighted by atomic mass is 9.85. The van der Waals surface area contributed by atoms with E-state index in [2.05, 4.69) is 50.5 Å². The molecule has 5 heteroatoms. The van der Waals surface area contributed by atoms with E-state index in [0.717, 1.165) is 27.8 Å². The molecule has 0 aliphatic rings. The summed E-state index contributed by atoms with van der Waals surface area (Å²) < 4.78 is 11.9. The van der Waals surface area contributed by atoms with Crippen LogP contribution in [-0.4, -0.2) is 25.2 Å². The molecular weight excluding hydrogens is 332 g/mol. The zero-order valence-electron chi connectivity index (χ0n) is 16.4. The summed E-state index contributed by atoms with van der Waals surface area (Å²) in [6, 6.07) is 4.52. The van der Waals surface area contributed by atoms with Crippen LogP contribution in [-0.2, 0) is 5.41 Å². The number of thiazole rings is 1. The van der Waals surface area contributed by atoms with Gasteiger partial charge in [-0.3, -0.25) is 0 Å². The van der Waals surface area contributed by atoms with Crippen LogP contribution in [0.25, 0.3) is 11.3 Å². The Morgan fingerprint density at radius 2 is 1.84 bits per heavy atom. The Morgan fingerprint density at radius 3 is 2.40 bits per heavy atom. The maximum absolute atomic E-state index is 5.96. The van der Waals surface area contributed by atoms with Gasteiger partial charge in [-0.15, -0.1) is 11.3 Å². The van der Waals surface area contributed by atoms with Crippen molar-refractivity contribution in [3.05, 3.63) is 28.1 Å². The Morgan fingerprint density at radius 1 is 1.16 bits per heavy atom. The number of aromatic nitrogens is 1. The second-order valence-corrected chi connectivity index (χ2v) is 7.94. The average Bonchev–Trinajstić information content (AvgIpc) is 3.04. The lowest BCUT2D eigenvalue weighted by Gasteiger charge is -2.23. The Hall–Kier alpha value is -1.59. The standard InChI is InChI=1S/C20H30N2O2S/c1-8-23-17-11-14(20(4,5)6)10-15(18(17)24-9-2)16-12-25-19(22-16)13(3)21-7/h10-13,21H,8-9H2,1-7H3. The minimum absolute atomic E-state index is 0.0163. The third-order valence-corrected chi connectivity index (χ3v) is 5.14. The zero-order valence-corrected chi connectivity index (χ0v) is 17.2. The van der Waals surface area contributed by atoms with Crippen molar-refractivity contribution in [3.8, 4) is 22.8 Å². The summed E-state index contributed by atoms with van der Waals surface area (Å²) in [7, 11) is 1.95. The average molecular weight is 363 g/mol. The lowest BCUT2D eigenvalue weighted by molar-refractivity contribution is 0.288. The molecule has 1 heterocycles. The quantitative estimate of drug-likeness (QED) is 0.736. The van der Waals surface area contributed by atoms with E-state index < -0.39 is 0 Å². The van der Waals surface area contributed by atoms with Crippen LogP contribution >= 0.6 is 11.3 Å². The van der Waals surface area contributed by atoms with Gasteiger partial charge in [-0.25, -0.2) is 4.98 Å². The van der Waals surface area contributed by atoms with Crippen molar-refractivity contribution in [1.82, 2.24) is 10.3 Å². The van der Waals surface area contributed by atoms with Crippen LogP contribution in [0.4, 0.5) is 0 Å². The van der Waals surface area contributed by atoms with Gasteiger partial charge in [0, 0.05) is 10.9 Å². The summed E-state index contributed by atoms with van der Waals surface area (Å²) in [4.78, 5) is 4.84. The third-order valence-electron chi connectivity index (χ3n) is 4.11. The minimum Gasteiger partial charge on any atom is -0.490 e. The van der Waals surface area contributed by atoms with Gasteiger partial charge in [0.05, 0.1) is 24.9 Å². The monoisotopic (exact) mass is 362 g/mol. The van der Waals surface area contributed by atoms with Crippen molar-refractivity contribution >= 4 is 11.3 Å². The highest BCUT2D eigenvalue weighted by Gasteiger charge is 2.23. The molecule has 1 aromatic carbocycles. The van der Waals surface area contributed by atoms with Crippen LogP contribution in [0.3, 0.4) is 0 Å². The van der Waals surface area contributed by atoms with Crippen molar-refractivity contribution in [1.29, 1.82) is 0 Å². The molecule has 0 bridgehead atoms. The molecule has 0 aliphatic heterocycles. The highest BCUT2D eigenvalue weighted by Crippen LogP contribution is 2.42. The lowest BCUT2D eigenvalue weighted by Crippen LogP contribution is -2.13. The van der Waals surface area contributed by atoms with Gasteiger partial charge in [-0.2, -0.15) is 0 Å². The van der Waals surface area contributed by atoms with Crippen LogP contribution in [0.1, 0.15) is 58.2 Å². The van der Waals surface area contributed by atoms with Gasteiger partial charge < -0.3 is 14.8 Å². The summed E-state index contributed by atoms with van der Waals surface area (Å²) in [5, 5.41) is 6.41. The molecular formula is C20H30N2O2S. The summed E-state index contributed by atoms with van der Waals surface area (Å²) in [5.41, 5.74) is 3.18. The summed E-state index contributed by atoms with van der Waals surface area (Å²) in [5.74, 6) is 1.58. The number of hydrogen-bond donors (Lipinski definition) is 1. The van der Waals surface area contributed by atoms with Crippen molar-refractivity contribution in [3.63, 3.8) is 0 Å². The molecule has 0 fully saturated rings. The first-order valence-corrected chi connectivity index (χ1v) is 9.76. The molecule has 2 rings (SSSR count). The van der Waals surface area contributed by atoms with E-state index >= 15 is 0 Å². The van der Waals surface area contributed by atoms with E-state index in [1.807, 2.05) is 20.9 Å². The Kier molecular flexibility index (Phi) is 6.47. The van der Waals surface area contributed by atoms with Crippen LogP contribution in [0.2, 0.25) is 0 Å². The fourth-order valence-corrected chi connectivity index (χ4v) is 3.40. The SMILES string of the molecule is CCOc1cc(C(C)(C)C)cc(-c2csc(C(C)NC)n2)c1OCC. The van der Waals surface area contributed by atoms with Gasteiger partial charge in [-0.05, 0) is 50.9 Å². The van der Waals surface area contributed by atoms with Crippen LogP contribution in [0.5, 0.6) is 11.5 Å². The van der Waals surface area contributed by atoms with E-state index in [4.69, 9.17) is 14.5 Å². The number of hydrogen-bond acceptors (Lipinski definition) is 5. The first kappa shape index (κ1) is 19.7. The van der Waals surface area contributed by atoms with E-state index in [1.165, 1.54) is 5.56 Å². The molecule has 0 saturated carbocycles. The molecule has 4 nitrogen and oxygen atoms in total. The number of rotatable bonds is 7. The Balaban J connectivity index is 2.63. The molecule has 25 heavy (non-hydrogen) atoms. The molecule has 1 aromatic heterocycles. The smallest absolute Gasteiger partial charge is 0.170 e. The molecule has 0 saturated heterocycles. The largest absolute Gasteiger partial charge is 0.490 e. The number of nitrogens with zero attached hydrogens (tertiary/aromatic N) is 1. The van der Waals surface area contributed by atoms with Crippen molar-refractivity contribution in [2.45, 2.75) is 53.0 Å². The van der Waals surface area contributed by atoms with Crippen molar-refractivity contribution < 1.29 is 9.47 Å². The maximum Gasteiger partial charge on any atom is 0.170 e. The fourth-order valence-electron chi connectivity index (χ4n) is 2.52. The minimum atomic E-state index is 0.0163. The van der Waals surface area contributed by atoms with Gasteiger partial charge in [0.2, 0.25) is 0 Å². The number of ether oxygens (including phenoxy) is 2. The first-order valence-electron chi connectivity index (χ1n) is 8.88. The molecule has 1 unspecified atom stereocenters. The summed E-state index contributed by atoms with van der Waals surface area (Å²) in [6.07, 6.45) is 0. The van der Waals surface area contributed by atoms with E-state index in [1.54, 1.807) is 11.3 Å². The van der Waals surface area contributed by atoms with E-state index in [0.29, 0.717) is 13.2 Å². The van der Waals surface area contributed by atoms with E-state index in [9.17, 15) is 0 Å².